The van der Waals surface area contributed by atoms with Crippen molar-refractivity contribution in [1.82, 2.24) is 9.97 Å². The van der Waals surface area contributed by atoms with Gasteiger partial charge in [0.2, 0.25) is 0 Å². The Kier molecular flexibility index (Phi) is 5.56. The average molecular weight is 240 g/mol. The fourth-order valence-corrected chi connectivity index (χ4v) is 4.90. The highest BCUT2D eigenvalue weighted by molar-refractivity contribution is 8.00. The summed E-state index contributed by atoms with van der Waals surface area (Å²) in [6.45, 7) is 4.60. The molecule has 1 aromatic heterocycles. The van der Waals surface area contributed by atoms with Crippen molar-refractivity contribution in [3.63, 3.8) is 0 Å². The molecule has 1 aromatic rings. The van der Waals surface area contributed by atoms with Crippen LogP contribution in [0.2, 0.25) is 12.6 Å². The Labute approximate surface area is 96.3 Å². The third kappa shape index (κ3) is 4.57. The highest BCUT2D eigenvalue weighted by Gasteiger charge is 2.05. The molecular weight excluding hydrogens is 224 g/mol. The van der Waals surface area contributed by atoms with Crippen LogP contribution >= 0.6 is 11.8 Å². The molecule has 0 aromatic carbocycles. The lowest BCUT2D eigenvalue weighted by atomic mass is 10.4. The van der Waals surface area contributed by atoms with Crippen molar-refractivity contribution in [3.05, 3.63) is 18.0 Å². The summed E-state index contributed by atoms with van der Waals surface area (Å²) in [6, 6.07) is 1.37. The maximum atomic E-state index is 10.4. The number of carbonyl (C=O) groups excluding carboxylic acids is 1. The number of carbonyl (C=O) groups is 1. The number of nitrogens with zero attached hydrogens (tertiary/aromatic N) is 2. The van der Waals surface area contributed by atoms with Gasteiger partial charge in [-0.25, -0.2) is 9.97 Å². The molecule has 0 aliphatic carbocycles. The van der Waals surface area contributed by atoms with Crippen LogP contribution in [0.4, 0.5) is 0 Å². The van der Waals surface area contributed by atoms with Crippen LogP contribution in [-0.4, -0.2) is 30.4 Å². The minimum Gasteiger partial charge on any atom is -0.298 e. The van der Waals surface area contributed by atoms with E-state index in [0.717, 1.165) is 11.4 Å². The lowest BCUT2D eigenvalue weighted by Crippen LogP contribution is -2.10. The summed E-state index contributed by atoms with van der Waals surface area (Å²) in [6.07, 6.45) is 5.20. The molecule has 0 aliphatic rings. The smallest absolute Gasteiger partial charge is 0.187 e. The van der Waals surface area contributed by atoms with E-state index in [1.165, 1.54) is 17.8 Å². The summed E-state index contributed by atoms with van der Waals surface area (Å²) >= 11 is 1.71. The van der Waals surface area contributed by atoms with Crippen LogP contribution in [-0.2, 0) is 0 Å². The molecule has 0 saturated heterocycles. The van der Waals surface area contributed by atoms with E-state index in [0.29, 0.717) is 5.56 Å². The first kappa shape index (κ1) is 12.4. The fourth-order valence-electron chi connectivity index (χ4n) is 1.25. The van der Waals surface area contributed by atoms with Crippen LogP contribution in [0.15, 0.2) is 17.6 Å². The Morgan fingerprint density at radius 2 is 2.13 bits per heavy atom. The molecule has 0 saturated carbocycles. The van der Waals surface area contributed by atoms with E-state index >= 15 is 0 Å². The topological polar surface area (TPSA) is 42.9 Å². The van der Waals surface area contributed by atoms with E-state index in [-0.39, 0.29) is 0 Å². The molecule has 0 N–H and O–H groups in total. The fraction of sp³-hybridized carbons (Fsp3) is 0.500. The minimum atomic E-state index is -0.578. The zero-order valence-electron chi connectivity index (χ0n) is 9.14. The van der Waals surface area contributed by atoms with Gasteiger partial charge in [0.25, 0.3) is 0 Å². The van der Waals surface area contributed by atoms with Crippen LogP contribution in [0.3, 0.4) is 0 Å². The number of thioether (sulfide) groups is 1. The quantitative estimate of drug-likeness (QED) is 0.331. The molecule has 5 heteroatoms. The van der Waals surface area contributed by atoms with Crippen LogP contribution in [0.5, 0.6) is 0 Å². The van der Waals surface area contributed by atoms with E-state index in [9.17, 15) is 4.79 Å². The molecule has 0 fully saturated rings. The molecule has 0 spiro atoms. The molecule has 1 atom stereocenters. The van der Waals surface area contributed by atoms with Gasteiger partial charge in [-0.05, 0) is 5.38 Å². The first-order valence-electron chi connectivity index (χ1n) is 5.16. The molecule has 1 rings (SSSR count). The van der Waals surface area contributed by atoms with Crippen molar-refractivity contribution < 1.29 is 4.79 Å². The second kappa shape index (κ2) is 6.74. The van der Waals surface area contributed by atoms with Gasteiger partial charge in [-0.1, -0.05) is 37.7 Å². The van der Waals surface area contributed by atoms with Crippen LogP contribution in [0.25, 0.3) is 0 Å². The third-order valence-corrected chi connectivity index (χ3v) is 7.04. The van der Waals surface area contributed by atoms with E-state index in [1.54, 1.807) is 24.2 Å². The highest BCUT2D eigenvalue weighted by Crippen LogP contribution is 2.14. The summed E-state index contributed by atoms with van der Waals surface area (Å²) in [4.78, 5) is 18.6. The first-order chi connectivity index (χ1) is 7.26. The zero-order valence-corrected chi connectivity index (χ0v) is 11.1. The molecule has 0 bridgehead atoms. The average Bonchev–Trinajstić information content (AvgIpc) is 2.27. The van der Waals surface area contributed by atoms with Crippen molar-refractivity contribution in [2.75, 3.05) is 5.38 Å². The summed E-state index contributed by atoms with van der Waals surface area (Å²) in [5, 5.41) is 1.96. The summed E-state index contributed by atoms with van der Waals surface area (Å²) in [5.41, 5.74) is 0.540. The van der Waals surface area contributed by atoms with Gasteiger partial charge in [0.05, 0.1) is 5.56 Å². The Morgan fingerprint density at radius 3 is 2.67 bits per heavy atom. The third-order valence-electron chi connectivity index (χ3n) is 2.06. The molecule has 0 amide bonds. The minimum absolute atomic E-state index is 0.540. The SMILES string of the molecule is CCC[SiH](C)CSc1ncc(C=O)cn1. The van der Waals surface area contributed by atoms with Crippen molar-refractivity contribution in [3.8, 4) is 0 Å². The predicted molar refractivity (Wildman–Crippen MR) is 66.3 cm³/mol. The van der Waals surface area contributed by atoms with Crippen molar-refractivity contribution in [1.29, 1.82) is 0 Å². The Bertz CT molecular complexity index is 305. The van der Waals surface area contributed by atoms with Gasteiger partial charge in [-0.15, -0.1) is 0 Å². The molecule has 0 aliphatic heterocycles. The van der Waals surface area contributed by atoms with E-state index < -0.39 is 8.80 Å². The first-order valence-corrected chi connectivity index (χ1v) is 8.93. The summed E-state index contributed by atoms with van der Waals surface area (Å²) in [5.74, 6) is 0. The normalized spacial score (nSPS) is 12.4. The maximum Gasteiger partial charge on any atom is 0.187 e. The number of hydrogen-bond donors (Lipinski definition) is 0. The molecule has 1 unspecified atom stereocenters. The van der Waals surface area contributed by atoms with Crippen molar-refractivity contribution in [2.24, 2.45) is 0 Å². The predicted octanol–water partition coefficient (Wildman–Crippen LogP) is 2.19. The largest absolute Gasteiger partial charge is 0.298 e. The van der Waals surface area contributed by atoms with Crippen LogP contribution < -0.4 is 0 Å². The second-order valence-corrected chi connectivity index (χ2v) is 8.40. The van der Waals surface area contributed by atoms with Crippen molar-refractivity contribution >= 4 is 26.8 Å². The van der Waals surface area contributed by atoms with Gasteiger partial charge in [0, 0.05) is 21.2 Å². The summed E-state index contributed by atoms with van der Waals surface area (Å²) < 4.78 is 0. The second-order valence-electron chi connectivity index (χ2n) is 3.62. The van der Waals surface area contributed by atoms with Gasteiger partial charge in [0.15, 0.2) is 11.4 Å². The van der Waals surface area contributed by atoms with Crippen molar-refractivity contribution in [2.45, 2.75) is 31.1 Å². The molecule has 82 valence electrons. The Balaban J connectivity index is 2.40. The van der Waals surface area contributed by atoms with E-state index in [2.05, 4.69) is 23.4 Å². The molecule has 3 nitrogen and oxygen atoms in total. The number of aldehydes is 1. The van der Waals surface area contributed by atoms with Gasteiger partial charge in [0.1, 0.15) is 0 Å². The van der Waals surface area contributed by atoms with Crippen LogP contribution in [0, 0.1) is 0 Å². The van der Waals surface area contributed by atoms with E-state index in [1.807, 2.05) is 0 Å². The lowest BCUT2D eigenvalue weighted by Gasteiger charge is -2.06. The Hall–Kier alpha value is -0.683. The van der Waals surface area contributed by atoms with Gasteiger partial charge in [-0.2, -0.15) is 0 Å². The van der Waals surface area contributed by atoms with Crippen LogP contribution in [0.1, 0.15) is 23.7 Å². The van der Waals surface area contributed by atoms with Gasteiger partial charge < -0.3 is 0 Å². The monoisotopic (exact) mass is 240 g/mol. The zero-order chi connectivity index (χ0) is 11.1. The number of hydrogen-bond acceptors (Lipinski definition) is 4. The standard InChI is InChI=1S/C10H16N2OSSi/c1-3-4-15(2)8-14-10-11-5-9(7-13)6-12-10/h5-7,15H,3-4,8H2,1-2H3. The molecule has 1 heterocycles. The van der Waals surface area contributed by atoms with Gasteiger partial charge in [-0.3, -0.25) is 4.79 Å². The summed E-state index contributed by atoms with van der Waals surface area (Å²) in [7, 11) is -0.578. The van der Waals surface area contributed by atoms with E-state index in [4.69, 9.17) is 0 Å². The number of aromatic nitrogens is 2. The molecule has 15 heavy (non-hydrogen) atoms. The maximum absolute atomic E-state index is 10.4. The lowest BCUT2D eigenvalue weighted by molar-refractivity contribution is 0.112. The number of rotatable bonds is 6. The highest BCUT2D eigenvalue weighted by atomic mass is 32.2. The van der Waals surface area contributed by atoms with Gasteiger partial charge >= 0.3 is 0 Å². The molecular formula is C10H16N2OSSi. The molecule has 0 radical (unpaired) electrons. The Morgan fingerprint density at radius 1 is 1.47 bits per heavy atom.